The number of aliphatic carboxylic acids is 1. The fourth-order valence-corrected chi connectivity index (χ4v) is 5.55. The van der Waals surface area contributed by atoms with Crippen molar-refractivity contribution < 1.29 is 24.2 Å². The van der Waals surface area contributed by atoms with Crippen LogP contribution in [0.25, 0.3) is 11.1 Å². The summed E-state index contributed by atoms with van der Waals surface area (Å²) in [6.07, 6.45) is 1.72. The lowest BCUT2D eigenvalue weighted by atomic mass is 9.73. The Kier molecular flexibility index (Phi) is 7.73. The van der Waals surface area contributed by atoms with Crippen molar-refractivity contribution in [1.82, 2.24) is 10.2 Å². The Morgan fingerprint density at radius 1 is 1.03 bits per heavy atom. The Morgan fingerprint density at radius 3 is 2.20 bits per heavy atom. The Labute approximate surface area is 206 Å². The zero-order chi connectivity index (χ0) is 24.9. The van der Waals surface area contributed by atoms with Gasteiger partial charge in [-0.05, 0) is 60.8 Å². The summed E-state index contributed by atoms with van der Waals surface area (Å²) in [7, 11) is 0. The number of fused-ring (bicyclic) bond motifs is 3. The summed E-state index contributed by atoms with van der Waals surface area (Å²) in [4.78, 5) is 37.6. The largest absolute Gasteiger partial charge is 0.481 e. The lowest BCUT2D eigenvalue weighted by molar-refractivity contribution is -0.141. The fourth-order valence-electron chi connectivity index (χ4n) is 5.55. The molecule has 2 amide bonds. The summed E-state index contributed by atoms with van der Waals surface area (Å²) >= 11 is 0. The first-order chi connectivity index (χ1) is 16.9. The second kappa shape index (κ2) is 10.9. The number of amides is 2. The van der Waals surface area contributed by atoms with Crippen LogP contribution in [0.2, 0.25) is 0 Å². The summed E-state index contributed by atoms with van der Waals surface area (Å²) in [5.74, 6) is -0.235. The Morgan fingerprint density at radius 2 is 1.63 bits per heavy atom. The SMILES string of the molecule is CCN(C(=O)CC1CC(CNC(=O)OCC2c3ccccc3-c3ccccc32)C1)C(C)CC(=O)O. The number of nitrogens with zero attached hydrogens (tertiary/aromatic N) is 1. The van der Waals surface area contributed by atoms with Gasteiger partial charge in [-0.3, -0.25) is 9.59 Å². The minimum absolute atomic E-state index is 0.00851. The molecule has 7 heteroatoms. The van der Waals surface area contributed by atoms with E-state index >= 15 is 0 Å². The number of benzene rings is 2. The molecular formula is C28H34N2O5. The van der Waals surface area contributed by atoms with Crippen LogP contribution in [0.3, 0.4) is 0 Å². The Balaban J connectivity index is 1.19. The van der Waals surface area contributed by atoms with E-state index in [0.717, 1.165) is 12.8 Å². The van der Waals surface area contributed by atoms with E-state index in [1.165, 1.54) is 22.3 Å². The van der Waals surface area contributed by atoms with Crippen molar-refractivity contribution in [2.24, 2.45) is 11.8 Å². The molecule has 0 radical (unpaired) electrons. The molecule has 35 heavy (non-hydrogen) atoms. The molecule has 1 fully saturated rings. The highest BCUT2D eigenvalue weighted by atomic mass is 16.5. The molecule has 4 rings (SSSR count). The van der Waals surface area contributed by atoms with E-state index < -0.39 is 12.1 Å². The average Bonchev–Trinajstić information content (AvgIpc) is 3.12. The third-order valence-corrected chi connectivity index (χ3v) is 7.34. The first kappa shape index (κ1) is 24.8. The molecule has 0 saturated heterocycles. The van der Waals surface area contributed by atoms with Gasteiger partial charge in [0.25, 0.3) is 0 Å². The van der Waals surface area contributed by atoms with Crippen LogP contribution in [-0.2, 0) is 14.3 Å². The molecule has 2 aromatic rings. The van der Waals surface area contributed by atoms with Gasteiger partial charge in [0, 0.05) is 31.5 Å². The minimum atomic E-state index is -0.897. The van der Waals surface area contributed by atoms with Crippen LogP contribution in [0.4, 0.5) is 4.79 Å². The predicted molar refractivity (Wildman–Crippen MR) is 133 cm³/mol. The van der Waals surface area contributed by atoms with Gasteiger partial charge >= 0.3 is 12.1 Å². The molecule has 1 saturated carbocycles. The van der Waals surface area contributed by atoms with Gasteiger partial charge in [0.05, 0.1) is 6.42 Å². The molecule has 1 unspecified atom stereocenters. The van der Waals surface area contributed by atoms with Gasteiger partial charge in [-0.2, -0.15) is 0 Å². The van der Waals surface area contributed by atoms with Gasteiger partial charge in [0.2, 0.25) is 5.91 Å². The molecule has 186 valence electrons. The summed E-state index contributed by atoms with van der Waals surface area (Å²) in [6.45, 7) is 4.99. The van der Waals surface area contributed by atoms with E-state index in [1.807, 2.05) is 31.2 Å². The second-order valence-corrected chi connectivity index (χ2v) is 9.74. The lowest BCUT2D eigenvalue weighted by Crippen LogP contribution is -2.43. The molecule has 0 spiro atoms. The van der Waals surface area contributed by atoms with E-state index in [1.54, 1.807) is 11.8 Å². The molecule has 2 aromatic carbocycles. The predicted octanol–water partition coefficient (Wildman–Crippen LogP) is 4.65. The highest BCUT2D eigenvalue weighted by molar-refractivity contribution is 5.79. The summed E-state index contributed by atoms with van der Waals surface area (Å²) in [6, 6.07) is 16.2. The monoisotopic (exact) mass is 478 g/mol. The van der Waals surface area contributed by atoms with Gasteiger partial charge < -0.3 is 20.1 Å². The van der Waals surface area contributed by atoms with Crippen LogP contribution in [0.5, 0.6) is 0 Å². The van der Waals surface area contributed by atoms with Gasteiger partial charge in [-0.25, -0.2) is 4.79 Å². The molecule has 2 aliphatic carbocycles. The first-order valence-corrected chi connectivity index (χ1v) is 12.5. The van der Waals surface area contributed by atoms with E-state index in [2.05, 4.69) is 29.6 Å². The van der Waals surface area contributed by atoms with Crippen LogP contribution in [0.1, 0.15) is 56.6 Å². The van der Waals surface area contributed by atoms with Crippen LogP contribution in [-0.4, -0.2) is 53.7 Å². The summed E-state index contributed by atoms with van der Waals surface area (Å²) < 4.78 is 5.60. The van der Waals surface area contributed by atoms with Crippen molar-refractivity contribution in [3.63, 3.8) is 0 Å². The third kappa shape index (κ3) is 5.66. The van der Waals surface area contributed by atoms with Crippen molar-refractivity contribution in [3.05, 3.63) is 59.7 Å². The second-order valence-electron chi connectivity index (χ2n) is 9.74. The third-order valence-electron chi connectivity index (χ3n) is 7.34. The van der Waals surface area contributed by atoms with E-state index in [0.29, 0.717) is 32.0 Å². The number of nitrogens with one attached hydrogen (secondary N) is 1. The number of alkyl carbamates (subject to hydrolysis) is 1. The number of rotatable bonds is 10. The quantitative estimate of drug-likeness (QED) is 0.518. The maximum Gasteiger partial charge on any atom is 0.407 e. The number of carboxylic acid groups (broad SMARTS) is 1. The fraction of sp³-hybridized carbons (Fsp3) is 0.464. The average molecular weight is 479 g/mol. The first-order valence-electron chi connectivity index (χ1n) is 12.5. The number of hydrogen-bond acceptors (Lipinski definition) is 4. The number of carboxylic acids is 1. The van der Waals surface area contributed by atoms with Crippen LogP contribution in [0, 0.1) is 11.8 Å². The molecule has 0 bridgehead atoms. The topological polar surface area (TPSA) is 95.9 Å². The summed E-state index contributed by atoms with van der Waals surface area (Å²) in [5, 5.41) is 11.9. The maximum absolute atomic E-state index is 12.6. The molecule has 0 aliphatic heterocycles. The van der Waals surface area contributed by atoms with Crippen LogP contribution < -0.4 is 5.32 Å². The van der Waals surface area contributed by atoms with Gasteiger partial charge in [-0.15, -0.1) is 0 Å². The van der Waals surface area contributed by atoms with Crippen molar-refractivity contribution >= 4 is 18.0 Å². The normalized spacial score (nSPS) is 19.1. The minimum Gasteiger partial charge on any atom is -0.481 e. The van der Waals surface area contributed by atoms with Gasteiger partial charge in [-0.1, -0.05) is 48.5 Å². The molecule has 0 aromatic heterocycles. The van der Waals surface area contributed by atoms with Crippen molar-refractivity contribution in [3.8, 4) is 11.1 Å². The number of hydrogen-bond donors (Lipinski definition) is 2. The van der Waals surface area contributed by atoms with Crippen molar-refractivity contribution in [1.29, 1.82) is 0 Å². The summed E-state index contributed by atoms with van der Waals surface area (Å²) in [5.41, 5.74) is 4.77. The van der Waals surface area contributed by atoms with Crippen molar-refractivity contribution in [2.45, 2.75) is 51.5 Å². The molecule has 1 atom stereocenters. The highest BCUT2D eigenvalue weighted by Crippen LogP contribution is 2.44. The zero-order valence-corrected chi connectivity index (χ0v) is 20.4. The standard InChI is InChI=1S/C28H34N2O5/c1-3-30(18(2)12-27(32)33)26(31)15-19-13-20(14-19)16-29-28(34)35-17-25-23-10-6-4-8-21(23)22-9-5-7-11-24(22)25/h4-11,18-20,25H,3,12-17H2,1-2H3,(H,29,34)(H,32,33). The molecule has 2 N–H and O–H groups in total. The molecule has 0 heterocycles. The number of carbonyl (C=O) groups is 3. The van der Waals surface area contributed by atoms with Gasteiger partial charge in [0.15, 0.2) is 0 Å². The zero-order valence-electron chi connectivity index (χ0n) is 20.4. The lowest BCUT2D eigenvalue weighted by Gasteiger charge is -2.37. The molecule has 2 aliphatic rings. The Hall–Kier alpha value is -3.35. The smallest absolute Gasteiger partial charge is 0.407 e. The van der Waals surface area contributed by atoms with Crippen molar-refractivity contribution in [2.75, 3.05) is 19.7 Å². The van der Waals surface area contributed by atoms with E-state index in [-0.39, 0.29) is 30.2 Å². The van der Waals surface area contributed by atoms with E-state index in [9.17, 15) is 14.4 Å². The van der Waals surface area contributed by atoms with Crippen LogP contribution in [0.15, 0.2) is 48.5 Å². The Bertz CT molecular complexity index is 1030. The number of ether oxygens (including phenoxy) is 1. The van der Waals surface area contributed by atoms with E-state index in [4.69, 9.17) is 9.84 Å². The number of carbonyl (C=O) groups excluding carboxylic acids is 2. The maximum atomic E-state index is 12.6. The van der Waals surface area contributed by atoms with Gasteiger partial charge in [0.1, 0.15) is 6.61 Å². The molecular weight excluding hydrogens is 444 g/mol. The van der Waals surface area contributed by atoms with Crippen LogP contribution >= 0.6 is 0 Å². The molecule has 7 nitrogen and oxygen atoms in total. The highest BCUT2D eigenvalue weighted by Gasteiger charge is 2.33.